The van der Waals surface area contributed by atoms with E-state index >= 15 is 0 Å². The number of hydrogen-bond donors (Lipinski definition) is 2. The molecule has 2 aromatic heterocycles. The molecule has 118 valence electrons. The molecule has 0 radical (unpaired) electrons. The molecule has 2 heterocycles. The van der Waals surface area contributed by atoms with Gasteiger partial charge >= 0.3 is 0 Å². The van der Waals surface area contributed by atoms with Crippen molar-refractivity contribution < 1.29 is 5.11 Å². The van der Waals surface area contributed by atoms with Gasteiger partial charge in [-0.15, -0.1) is 0 Å². The van der Waals surface area contributed by atoms with Crippen molar-refractivity contribution in [1.82, 2.24) is 14.8 Å². The maximum absolute atomic E-state index is 12.5. The van der Waals surface area contributed by atoms with Crippen LogP contribution in [-0.4, -0.2) is 19.9 Å². The third kappa shape index (κ3) is 2.10. The van der Waals surface area contributed by atoms with Crippen LogP contribution in [0.2, 0.25) is 0 Å². The predicted molar refractivity (Wildman–Crippen MR) is 93.9 cm³/mol. The van der Waals surface area contributed by atoms with Crippen molar-refractivity contribution in [2.24, 2.45) is 7.05 Å². The summed E-state index contributed by atoms with van der Waals surface area (Å²) in [5, 5.41) is 15.9. The van der Waals surface area contributed by atoms with Crippen molar-refractivity contribution in [3.05, 3.63) is 71.0 Å². The first kappa shape index (κ1) is 14.3. The molecule has 5 nitrogen and oxygen atoms in total. The molecule has 4 rings (SSSR count). The number of aromatic hydroxyl groups is 1. The molecule has 0 aliphatic heterocycles. The third-order valence-electron chi connectivity index (χ3n) is 4.09. The number of aromatic amines is 1. The summed E-state index contributed by atoms with van der Waals surface area (Å²) in [4.78, 5) is 15.3. The highest BCUT2D eigenvalue weighted by Gasteiger charge is 2.21. The second kappa shape index (κ2) is 5.38. The van der Waals surface area contributed by atoms with Crippen molar-refractivity contribution in [1.29, 1.82) is 0 Å². The molecule has 24 heavy (non-hydrogen) atoms. The van der Waals surface area contributed by atoms with Crippen molar-refractivity contribution in [3.63, 3.8) is 0 Å². The van der Waals surface area contributed by atoms with E-state index in [9.17, 15) is 9.90 Å². The van der Waals surface area contributed by atoms with Gasteiger partial charge in [0, 0.05) is 12.6 Å². The van der Waals surface area contributed by atoms with Gasteiger partial charge < -0.3 is 10.1 Å². The van der Waals surface area contributed by atoms with E-state index in [0.717, 1.165) is 5.56 Å². The Hall–Kier alpha value is -3.34. The molecule has 2 N–H and O–H groups in total. The number of benzene rings is 2. The van der Waals surface area contributed by atoms with Gasteiger partial charge in [-0.2, -0.15) is 5.10 Å². The Labute approximate surface area is 137 Å². The quantitative estimate of drug-likeness (QED) is 0.596. The van der Waals surface area contributed by atoms with E-state index in [-0.39, 0.29) is 16.9 Å². The number of rotatable bonds is 2. The zero-order valence-corrected chi connectivity index (χ0v) is 13.0. The zero-order valence-electron chi connectivity index (χ0n) is 13.0. The lowest BCUT2D eigenvalue weighted by Gasteiger charge is -2.06. The topological polar surface area (TPSA) is 70.9 Å². The lowest BCUT2D eigenvalue weighted by molar-refractivity contribution is 0.482. The van der Waals surface area contributed by atoms with Crippen LogP contribution in [0.1, 0.15) is 0 Å². The lowest BCUT2D eigenvalue weighted by Crippen LogP contribution is -2.10. The highest BCUT2D eigenvalue weighted by molar-refractivity contribution is 5.99. The monoisotopic (exact) mass is 317 g/mol. The third-order valence-corrected chi connectivity index (χ3v) is 4.09. The summed E-state index contributed by atoms with van der Waals surface area (Å²) in [6.45, 7) is 0. The van der Waals surface area contributed by atoms with Crippen LogP contribution >= 0.6 is 0 Å². The van der Waals surface area contributed by atoms with E-state index in [1.165, 1.54) is 0 Å². The van der Waals surface area contributed by atoms with Crippen LogP contribution in [0.5, 0.6) is 5.75 Å². The number of pyridine rings is 1. The van der Waals surface area contributed by atoms with E-state index in [2.05, 4.69) is 10.1 Å². The van der Waals surface area contributed by atoms with E-state index in [1.807, 2.05) is 48.5 Å². The molecule has 2 aromatic carbocycles. The first-order valence-electron chi connectivity index (χ1n) is 7.59. The maximum atomic E-state index is 12.5. The normalized spacial score (nSPS) is 11.0. The molecule has 4 aromatic rings. The Morgan fingerprint density at radius 2 is 1.54 bits per heavy atom. The van der Waals surface area contributed by atoms with Crippen LogP contribution in [0.4, 0.5) is 0 Å². The molecule has 0 bridgehead atoms. The Morgan fingerprint density at radius 1 is 0.958 bits per heavy atom. The minimum Gasteiger partial charge on any atom is -0.506 e. The number of aromatic nitrogens is 3. The van der Waals surface area contributed by atoms with E-state index in [4.69, 9.17) is 0 Å². The molecular formula is C19H15N3O2. The predicted octanol–water partition coefficient (Wildman–Crippen LogP) is 3.30. The van der Waals surface area contributed by atoms with E-state index in [0.29, 0.717) is 22.3 Å². The Kier molecular flexibility index (Phi) is 3.20. The Bertz CT molecular complexity index is 1080. The lowest BCUT2D eigenvalue weighted by atomic mass is 10.0. The summed E-state index contributed by atoms with van der Waals surface area (Å²) >= 11 is 0. The van der Waals surface area contributed by atoms with Crippen LogP contribution < -0.4 is 5.56 Å². The molecule has 0 spiro atoms. The first-order chi connectivity index (χ1) is 11.7. The number of nitrogens with one attached hydrogen (secondary N) is 1. The van der Waals surface area contributed by atoms with Crippen molar-refractivity contribution in [2.45, 2.75) is 0 Å². The molecular weight excluding hydrogens is 302 g/mol. The van der Waals surface area contributed by atoms with Gasteiger partial charge in [-0.3, -0.25) is 9.48 Å². The van der Waals surface area contributed by atoms with Gasteiger partial charge in [0.15, 0.2) is 0 Å². The maximum Gasteiger partial charge on any atom is 0.261 e. The number of hydrogen-bond acceptors (Lipinski definition) is 3. The summed E-state index contributed by atoms with van der Waals surface area (Å²) in [5.74, 6) is -0.0492. The van der Waals surface area contributed by atoms with Gasteiger partial charge in [-0.05, 0) is 5.56 Å². The van der Waals surface area contributed by atoms with Gasteiger partial charge in [0.25, 0.3) is 5.56 Å². The van der Waals surface area contributed by atoms with Crippen LogP contribution in [-0.2, 0) is 7.05 Å². The SMILES string of the molecule is Cn1nc(-c2ccccc2)c2c(O)c(-c3ccccc3)c(=O)[nH]c21. The minimum absolute atomic E-state index is 0.0492. The molecule has 0 saturated heterocycles. The fourth-order valence-electron chi connectivity index (χ4n) is 2.96. The Morgan fingerprint density at radius 3 is 2.17 bits per heavy atom. The number of H-pyrrole nitrogens is 1. The Balaban J connectivity index is 2.10. The smallest absolute Gasteiger partial charge is 0.261 e. The summed E-state index contributed by atoms with van der Waals surface area (Å²) in [5.41, 5.74) is 2.60. The summed E-state index contributed by atoms with van der Waals surface area (Å²) in [6, 6.07) is 18.7. The minimum atomic E-state index is -0.339. The number of aryl methyl sites for hydroxylation is 1. The fourth-order valence-corrected chi connectivity index (χ4v) is 2.96. The largest absolute Gasteiger partial charge is 0.506 e. The molecule has 0 aliphatic carbocycles. The summed E-state index contributed by atoms with van der Waals surface area (Å²) in [6.07, 6.45) is 0. The first-order valence-corrected chi connectivity index (χ1v) is 7.59. The molecule has 0 aliphatic rings. The van der Waals surface area contributed by atoms with Gasteiger partial charge in [0.1, 0.15) is 17.1 Å². The van der Waals surface area contributed by atoms with Crippen molar-refractivity contribution in [3.8, 4) is 28.1 Å². The van der Waals surface area contributed by atoms with Crippen LogP contribution in [0, 0.1) is 0 Å². The zero-order chi connectivity index (χ0) is 16.7. The average molecular weight is 317 g/mol. The second-order valence-electron chi connectivity index (χ2n) is 5.61. The number of nitrogens with zero attached hydrogens (tertiary/aromatic N) is 2. The van der Waals surface area contributed by atoms with Crippen LogP contribution in [0.3, 0.4) is 0 Å². The average Bonchev–Trinajstić information content (AvgIpc) is 2.94. The van der Waals surface area contributed by atoms with Gasteiger partial charge in [0.2, 0.25) is 0 Å². The van der Waals surface area contributed by atoms with Crippen LogP contribution in [0.25, 0.3) is 33.4 Å². The van der Waals surface area contributed by atoms with Crippen molar-refractivity contribution in [2.75, 3.05) is 0 Å². The standard InChI is InChI=1S/C19H15N3O2/c1-22-18-15(16(21-22)13-10-6-3-7-11-13)17(23)14(19(24)20-18)12-8-4-2-5-9-12/h2-11H,1H3,(H2,20,23,24). The summed E-state index contributed by atoms with van der Waals surface area (Å²) in [7, 11) is 1.74. The number of fused-ring (bicyclic) bond motifs is 1. The molecule has 0 saturated carbocycles. The van der Waals surface area contributed by atoms with Gasteiger partial charge in [-0.1, -0.05) is 60.7 Å². The molecule has 0 atom stereocenters. The second-order valence-corrected chi connectivity index (χ2v) is 5.61. The van der Waals surface area contributed by atoms with Gasteiger partial charge in [0.05, 0.1) is 10.9 Å². The summed E-state index contributed by atoms with van der Waals surface area (Å²) < 4.78 is 1.58. The van der Waals surface area contributed by atoms with E-state index in [1.54, 1.807) is 23.9 Å². The molecule has 0 amide bonds. The molecule has 0 fully saturated rings. The molecule has 0 unspecified atom stereocenters. The van der Waals surface area contributed by atoms with E-state index < -0.39 is 0 Å². The highest BCUT2D eigenvalue weighted by atomic mass is 16.3. The van der Waals surface area contributed by atoms with Crippen LogP contribution in [0.15, 0.2) is 65.5 Å². The molecule has 5 heteroatoms. The van der Waals surface area contributed by atoms with Crippen molar-refractivity contribution >= 4 is 11.0 Å². The van der Waals surface area contributed by atoms with Gasteiger partial charge in [-0.25, -0.2) is 0 Å². The fraction of sp³-hybridized carbons (Fsp3) is 0.0526. The highest BCUT2D eigenvalue weighted by Crippen LogP contribution is 2.37.